The third-order valence-corrected chi connectivity index (χ3v) is 4.69. The molecule has 0 bridgehead atoms. The molecule has 1 fully saturated rings. The lowest BCUT2D eigenvalue weighted by atomic mass is 9.87. The minimum absolute atomic E-state index is 0.341. The maximum Gasteiger partial charge on any atom is 0.405 e. The van der Waals surface area contributed by atoms with Gasteiger partial charge in [0.1, 0.15) is 5.54 Å². The van der Waals surface area contributed by atoms with E-state index in [0.717, 1.165) is 26.8 Å². The van der Waals surface area contributed by atoms with Crippen molar-refractivity contribution in [3.8, 4) is 11.1 Å². The number of aromatic nitrogens is 3. The van der Waals surface area contributed by atoms with Gasteiger partial charge in [-0.3, -0.25) is 0 Å². The molecule has 0 atom stereocenters. The molecule has 4 rings (SSSR count). The Labute approximate surface area is 145 Å². The molecular formula is C16H13BrN4O3. The van der Waals surface area contributed by atoms with Crippen molar-refractivity contribution in [1.82, 2.24) is 19.9 Å². The van der Waals surface area contributed by atoms with Crippen LogP contribution in [-0.4, -0.2) is 39.0 Å². The molecule has 0 radical (unpaired) electrons. The first kappa shape index (κ1) is 15.1. The van der Waals surface area contributed by atoms with Gasteiger partial charge in [-0.05, 0) is 27.1 Å². The van der Waals surface area contributed by atoms with Gasteiger partial charge in [-0.1, -0.05) is 24.3 Å². The molecule has 0 spiro atoms. The predicted molar refractivity (Wildman–Crippen MR) is 89.8 cm³/mol. The summed E-state index contributed by atoms with van der Waals surface area (Å²) in [6.07, 6.45) is 4.34. The molecule has 1 amide bonds. The van der Waals surface area contributed by atoms with Gasteiger partial charge in [-0.15, -0.1) is 0 Å². The summed E-state index contributed by atoms with van der Waals surface area (Å²) in [5.41, 5.74) is 2.89. The van der Waals surface area contributed by atoms with Crippen LogP contribution in [0.15, 0.2) is 47.3 Å². The molecule has 0 aliphatic carbocycles. The number of amides is 1. The SMILES string of the molecule is O=C(O)NC1(c2ccc(-c3cnc4c(Br)cnn4c3)cc2)COC1. The van der Waals surface area contributed by atoms with Gasteiger partial charge >= 0.3 is 6.09 Å². The Morgan fingerprint density at radius 3 is 2.62 bits per heavy atom. The van der Waals surface area contributed by atoms with Gasteiger partial charge in [0.05, 0.1) is 23.9 Å². The van der Waals surface area contributed by atoms with Gasteiger partial charge in [0.15, 0.2) is 5.65 Å². The second-order valence-corrected chi connectivity index (χ2v) is 6.54. The molecule has 0 saturated carbocycles. The van der Waals surface area contributed by atoms with E-state index in [-0.39, 0.29) is 0 Å². The van der Waals surface area contributed by atoms with Crippen molar-refractivity contribution in [2.24, 2.45) is 0 Å². The zero-order valence-corrected chi connectivity index (χ0v) is 14.0. The topological polar surface area (TPSA) is 88.8 Å². The van der Waals surface area contributed by atoms with Crippen LogP contribution in [0, 0.1) is 0 Å². The summed E-state index contributed by atoms with van der Waals surface area (Å²) in [5, 5.41) is 15.8. The number of carboxylic acid groups (broad SMARTS) is 1. The van der Waals surface area contributed by atoms with Gasteiger partial charge in [0.2, 0.25) is 0 Å². The van der Waals surface area contributed by atoms with Crippen LogP contribution in [0.2, 0.25) is 0 Å². The lowest BCUT2D eigenvalue weighted by molar-refractivity contribution is -0.0743. The van der Waals surface area contributed by atoms with Gasteiger partial charge in [-0.2, -0.15) is 5.10 Å². The molecule has 3 aromatic rings. The molecule has 0 unspecified atom stereocenters. The van der Waals surface area contributed by atoms with Crippen molar-refractivity contribution in [2.75, 3.05) is 13.2 Å². The average molecular weight is 389 g/mol. The van der Waals surface area contributed by atoms with Crippen molar-refractivity contribution >= 4 is 27.7 Å². The fraction of sp³-hybridized carbons (Fsp3) is 0.188. The van der Waals surface area contributed by atoms with Crippen molar-refractivity contribution in [2.45, 2.75) is 5.54 Å². The molecule has 1 aliphatic rings. The highest BCUT2D eigenvalue weighted by Gasteiger charge is 2.41. The summed E-state index contributed by atoms with van der Waals surface area (Å²) >= 11 is 3.40. The number of hydrogen-bond acceptors (Lipinski definition) is 4. The van der Waals surface area contributed by atoms with Crippen molar-refractivity contribution in [1.29, 1.82) is 0 Å². The Kier molecular flexibility index (Phi) is 3.50. The number of halogens is 1. The Balaban J connectivity index is 1.66. The average Bonchev–Trinajstić information content (AvgIpc) is 2.92. The number of benzene rings is 1. The Hall–Kier alpha value is -2.45. The van der Waals surface area contributed by atoms with Crippen LogP contribution in [0.5, 0.6) is 0 Å². The van der Waals surface area contributed by atoms with E-state index in [2.05, 4.69) is 31.3 Å². The van der Waals surface area contributed by atoms with Crippen LogP contribution < -0.4 is 5.32 Å². The molecule has 2 N–H and O–H groups in total. The number of nitrogens with one attached hydrogen (secondary N) is 1. The first-order valence-electron chi connectivity index (χ1n) is 7.26. The van der Waals surface area contributed by atoms with Crippen LogP contribution in [0.1, 0.15) is 5.56 Å². The molecule has 1 saturated heterocycles. The first-order valence-corrected chi connectivity index (χ1v) is 8.05. The number of fused-ring (bicyclic) bond motifs is 1. The summed E-state index contributed by atoms with van der Waals surface area (Å²) < 4.78 is 7.76. The first-order chi connectivity index (χ1) is 11.6. The van der Waals surface area contributed by atoms with Gasteiger partial charge in [-0.25, -0.2) is 14.3 Å². The fourth-order valence-electron chi connectivity index (χ4n) is 2.80. The quantitative estimate of drug-likeness (QED) is 0.719. The van der Waals surface area contributed by atoms with Crippen molar-refractivity contribution < 1.29 is 14.6 Å². The Morgan fingerprint density at radius 1 is 1.25 bits per heavy atom. The van der Waals surface area contributed by atoms with Crippen LogP contribution in [0.4, 0.5) is 4.79 Å². The summed E-state index contributed by atoms with van der Waals surface area (Å²) in [6.45, 7) is 0.681. The summed E-state index contributed by atoms with van der Waals surface area (Å²) in [5.74, 6) is 0. The monoisotopic (exact) mass is 388 g/mol. The van der Waals surface area contributed by atoms with Crippen LogP contribution in [-0.2, 0) is 10.3 Å². The smallest absolute Gasteiger partial charge is 0.405 e. The standard InChI is InChI=1S/C16H13BrN4O3/c17-13-6-19-21-7-11(5-18-14(13)21)10-1-3-12(4-2-10)16(8-24-9-16)20-15(22)23/h1-7,20H,8-9H2,(H,22,23). The normalized spacial score (nSPS) is 15.9. The van der Waals surface area contributed by atoms with Crippen LogP contribution >= 0.6 is 15.9 Å². The Bertz CT molecular complexity index is 919. The van der Waals surface area contributed by atoms with Crippen LogP contribution in [0.25, 0.3) is 16.8 Å². The maximum atomic E-state index is 11.0. The highest BCUT2D eigenvalue weighted by molar-refractivity contribution is 9.10. The second-order valence-electron chi connectivity index (χ2n) is 5.69. The second kappa shape index (κ2) is 5.57. The van der Waals surface area contributed by atoms with E-state index in [1.54, 1.807) is 16.9 Å². The zero-order valence-electron chi connectivity index (χ0n) is 12.4. The third-order valence-electron chi connectivity index (χ3n) is 4.13. The van der Waals surface area contributed by atoms with E-state index in [0.29, 0.717) is 13.2 Å². The zero-order chi connectivity index (χ0) is 16.7. The molecule has 1 aliphatic heterocycles. The molecule has 8 heteroatoms. The highest BCUT2D eigenvalue weighted by atomic mass is 79.9. The number of hydrogen-bond donors (Lipinski definition) is 2. The van der Waals surface area contributed by atoms with Crippen molar-refractivity contribution in [3.05, 3.63) is 52.9 Å². The maximum absolute atomic E-state index is 11.0. The molecular weight excluding hydrogens is 376 g/mol. The lowest BCUT2D eigenvalue weighted by Crippen LogP contribution is -2.59. The largest absolute Gasteiger partial charge is 0.465 e. The predicted octanol–water partition coefficient (Wildman–Crippen LogP) is 2.65. The van der Waals surface area contributed by atoms with E-state index in [4.69, 9.17) is 9.84 Å². The van der Waals surface area contributed by atoms with E-state index in [1.165, 1.54) is 0 Å². The number of carbonyl (C=O) groups is 1. The van der Waals surface area contributed by atoms with Gasteiger partial charge < -0.3 is 15.2 Å². The molecule has 3 heterocycles. The van der Waals surface area contributed by atoms with E-state index >= 15 is 0 Å². The minimum atomic E-state index is -1.05. The van der Waals surface area contributed by atoms with E-state index in [1.807, 2.05) is 30.5 Å². The molecule has 122 valence electrons. The van der Waals surface area contributed by atoms with Crippen molar-refractivity contribution in [3.63, 3.8) is 0 Å². The minimum Gasteiger partial charge on any atom is -0.465 e. The lowest BCUT2D eigenvalue weighted by Gasteiger charge is -2.41. The summed E-state index contributed by atoms with van der Waals surface area (Å²) in [4.78, 5) is 15.4. The molecule has 24 heavy (non-hydrogen) atoms. The number of nitrogens with zero attached hydrogens (tertiary/aromatic N) is 3. The Morgan fingerprint density at radius 2 is 2.00 bits per heavy atom. The molecule has 1 aromatic carbocycles. The van der Waals surface area contributed by atoms with Gasteiger partial charge in [0, 0.05) is 18.0 Å². The van der Waals surface area contributed by atoms with E-state index < -0.39 is 11.6 Å². The number of rotatable bonds is 3. The third kappa shape index (κ3) is 2.44. The highest BCUT2D eigenvalue weighted by Crippen LogP contribution is 2.31. The molecule has 2 aromatic heterocycles. The fourth-order valence-corrected chi connectivity index (χ4v) is 3.17. The van der Waals surface area contributed by atoms with Gasteiger partial charge in [0.25, 0.3) is 0 Å². The summed E-state index contributed by atoms with van der Waals surface area (Å²) in [6, 6.07) is 7.72. The molecule has 7 nitrogen and oxygen atoms in total. The van der Waals surface area contributed by atoms with E-state index in [9.17, 15) is 4.79 Å². The number of ether oxygens (including phenoxy) is 1. The van der Waals surface area contributed by atoms with Crippen LogP contribution in [0.3, 0.4) is 0 Å². The summed E-state index contributed by atoms with van der Waals surface area (Å²) in [7, 11) is 0.